The molecule has 3 heteroatoms. The third-order valence-electron chi connectivity index (χ3n) is 1.79. The van der Waals surface area contributed by atoms with Gasteiger partial charge in [0.1, 0.15) is 5.69 Å². The van der Waals surface area contributed by atoms with Crippen molar-refractivity contribution < 1.29 is 4.79 Å². The quantitative estimate of drug-likeness (QED) is 0.710. The molecule has 0 spiro atoms. The molecule has 12 heavy (non-hydrogen) atoms. The van der Waals surface area contributed by atoms with E-state index in [1.54, 1.807) is 6.07 Å². The number of hydrogen-bond acceptors (Lipinski definition) is 2. The predicted molar refractivity (Wildman–Crippen MR) is 46.9 cm³/mol. The van der Waals surface area contributed by atoms with Gasteiger partial charge in [-0.25, -0.2) is 4.98 Å². The number of primary amides is 1. The van der Waals surface area contributed by atoms with Crippen molar-refractivity contribution in [1.82, 2.24) is 4.98 Å². The van der Waals surface area contributed by atoms with Crippen LogP contribution < -0.4 is 5.73 Å². The maximum absolute atomic E-state index is 10.7. The molecule has 2 N–H and O–H groups in total. The molecule has 1 heterocycles. The Morgan fingerprint density at radius 1 is 1.58 bits per heavy atom. The van der Waals surface area contributed by atoms with Crippen molar-refractivity contribution in [3.8, 4) is 0 Å². The SMILES string of the molecule is CCc1nc(C(N)=O)ccc1C. The van der Waals surface area contributed by atoms with Crippen molar-refractivity contribution in [1.29, 1.82) is 0 Å². The lowest BCUT2D eigenvalue weighted by Crippen LogP contribution is -2.14. The van der Waals surface area contributed by atoms with Crippen LogP contribution in [0, 0.1) is 6.92 Å². The van der Waals surface area contributed by atoms with E-state index in [0.29, 0.717) is 5.69 Å². The van der Waals surface area contributed by atoms with E-state index in [1.807, 2.05) is 19.9 Å². The third kappa shape index (κ3) is 1.61. The number of carbonyl (C=O) groups excluding carboxylic acids is 1. The molecule has 3 nitrogen and oxygen atoms in total. The number of rotatable bonds is 2. The molecule has 64 valence electrons. The Morgan fingerprint density at radius 3 is 2.75 bits per heavy atom. The van der Waals surface area contributed by atoms with Gasteiger partial charge < -0.3 is 5.73 Å². The van der Waals surface area contributed by atoms with Crippen molar-refractivity contribution >= 4 is 5.91 Å². The summed E-state index contributed by atoms with van der Waals surface area (Å²) < 4.78 is 0. The highest BCUT2D eigenvalue weighted by atomic mass is 16.1. The standard InChI is InChI=1S/C9H12N2O/c1-3-7-6(2)4-5-8(11-7)9(10)12/h4-5H,3H2,1-2H3,(H2,10,12). The van der Waals surface area contributed by atoms with Gasteiger partial charge in [-0.1, -0.05) is 13.0 Å². The Kier molecular flexibility index (Phi) is 2.43. The third-order valence-corrected chi connectivity index (χ3v) is 1.79. The highest BCUT2D eigenvalue weighted by Gasteiger charge is 2.04. The van der Waals surface area contributed by atoms with Gasteiger partial charge in [0.25, 0.3) is 5.91 Å². The van der Waals surface area contributed by atoms with Gasteiger partial charge in [-0.15, -0.1) is 0 Å². The second kappa shape index (κ2) is 3.34. The minimum Gasteiger partial charge on any atom is -0.364 e. The molecule has 0 saturated carbocycles. The van der Waals surface area contributed by atoms with Crippen LogP contribution in [0.4, 0.5) is 0 Å². The first-order valence-electron chi connectivity index (χ1n) is 3.91. The first-order valence-corrected chi connectivity index (χ1v) is 3.91. The highest BCUT2D eigenvalue weighted by molar-refractivity contribution is 5.90. The summed E-state index contributed by atoms with van der Waals surface area (Å²) in [5, 5.41) is 0. The number of hydrogen-bond donors (Lipinski definition) is 1. The van der Waals surface area contributed by atoms with Gasteiger partial charge >= 0.3 is 0 Å². The molecule has 0 radical (unpaired) electrons. The summed E-state index contributed by atoms with van der Waals surface area (Å²) in [5.41, 5.74) is 7.47. The first-order chi connectivity index (χ1) is 5.65. The van der Waals surface area contributed by atoms with E-state index in [0.717, 1.165) is 17.7 Å². The number of pyridine rings is 1. The fourth-order valence-corrected chi connectivity index (χ4v) is 1.07. The monoisotopic (exact) mass is 164 g/mol. The van der Waals surface area contributed by atoms with E-state index in [2.05, 4.69) is 4.98 Å². The van der Waals surface area contributed by atoms with Crippen LogP contribution in [0.5, 0.6) is 0 Å². The summed E-state index contributed by atoms with van der Waals surface area (Å²) in [6.45, 7) is 3.97. The van der Waals surface area contributed by atoms with E-state index in [1.165, 1.54) is 0 Å². The summed E-state index contributed by atoms with van der Waals surface area (Å²) in [7, 11) is 0. The van der Waals surface area contributed by atoms with Crippen molar-refractivity contribution in [2.24, 2.45) is 5.73 Å². The molecule has 0 aliphatic heterocycles. The molecule has 1 aromatic rings. The van der Waals surface area contributed by atoms with E-state index in [4.69, 9.17) is 5.73 Å². The second-order valence-electron chi connectivity index (χ2n) is 2.68. The van der Waals surface area contributed by atoms with Gasteiger partial charge in [0, 0.05) is 5.69 Å². The number of amides is 1. The minimum atomic E-state index is -0.468. The molecular formula is C9H12N2O. The van der Waals surface area contributed by atoms with Crippen molar-refractivity contribution in [3.05, 3.63) is 29.1 Å². The first kappa shape index (κ1) is 8.71. The van der Waals surface area contributed by atoms with Gasteiger partial charge in [0.2, 0.25) is 0 Å². The average molecular weight is 164 g/mol. The number of nitrogens with two attached hydrogens (primary N) is 1. The molecule has 0 atom stereocenters. The zero-order valence-electron chi connectivity index (χ0n) is 7.29. The lowest BCUT2D eigenvalue weighted by Gasteiger charge is -2.02. The van der Waals surface area contributed by atoms with Gasteiger partial charge in [-0.2, -0.15) is 0 Å². The zero-order valence-corrected chi connectivity index (χ0v) is 7.29. The Hall–Kier alpha value is -1.38. The van der Waals surface area contributed by atoms with Gasteiger partial charge in [-0.05, 0) is 25.0 Å². The fourth-order valence-electron chi connectivity index (χ4n) is 1.07. The van der Waals surface area contributed by atoms with E-state index < -0.39 is 5.91 Å². The summed E-state index contributed by atoms with van der Waals surface area (Å²) in [5.74, 6) is -0.468. The van der Waals surface area contributed by atoms with Gasteiger partial charge in [0.05, 0.1) is 0 Å². The van der Waals surface area contributed by atoms with Gasteiger partial charge in [0.15, 0.2) is 0 Å². The van der Waals surface area contributed by atoms with E-state index in [-0.39, 0.29) is 0 Å². The van der Waals surface area contributed by atoms with Crippen LogP contribution in [0.25, 0.3) is 0 Å². The fraction of sp³-hybridized carbons (Fsp3) is 0.333. The molecule has 0 bridgehead atoms. The average Bonchev–Trinajstić information content (AvgIpc) is 2.05. The van der Waals surface area contributed by atoms with Gasteiger partial charge in [-0.3, -0.25) is 4.79 Å². The molecule has 0 unspecified atom stereocenters. The predicted octanol–water partition coefficient (Wildman–Crippen LogP) is 1.05. The summed E-state index contributed by atoms with van der Waals surface area (Å²) >= 11 is 0. The molecular weight excluding hydrogens is 152 g/mol. The normalized spacial score (nSPS) is 9.83. The molecule has 0 aliphatic carbocycles. The van der Waals surface area contributed by atoms with Crippen LogP contribution in [0.2, 0.25) is 0 Å². The minimum absolute atomic E-state index is 0.345. The second-order valence-corrected chi connectivity index (χ2v) is 2.68. The maximum atomic E-state index is 10.7. The van der Waals surface area contributed by atoms with Crippen molar-refractivity contribution in [2.75, 3.05) is 0 Å². The number of aryl methyl sites for hydroxylation is 2. The van der Waals surface area contributed by atoms with Crippen LogP contribution in [0.3, 0.4) is 0 Å². The Balaban J connectivity index is 3.13. The molecule has 0 fully saturated rings. The Bertz CT molecular complexity index is 307. The smallest absolute Gasteiger partial charge is 0.267 e. The maximum Gasteiger partial charge on any atom is 0.267 e. The van der Waals surface area contributed by atoms with Crippen LogP contribution in [-0.2, 0) is 6.42 Å². The molecule has 0 aromatic carbocycles. The van der Waals surface area contributed by atoms with E-state index >= 15 is 0 Å². The van der Waals surface area contributed by atoms with Crippen LogP contribution in [-0.4, -0.2) is 10.9 Å². The summed E-state index contributed by atoms with van der Waals surface area (Å²) in [6.07, 6.45) is 0.826. The number of aromatic nitrogens is 1. The molecule has 1 rings (SSSR count). The Labute approximate surface area is 71.6 Å². The lowest BCUT2D eigenvalue weighted by atomic mass is 10.1. The van der Waals surface area contributed by atoms with E-state index in [9.17, 15) is 4.79 Å². The molecule has 1 aromatic heterocycles. The summed E-state index contributed by atoms with van der Waals surface area (Å²) in [4.78, 5) is 14.9. The largest absolute Gasteiger partial charge is 0.364 e. The lowest BCUT2D eigenvalue weighted by molar-refractivity contribution is 0.0995. The Morgan fingerprint density at radius 2 is 2.25 bits per heavy atom. The van der Waals surface area contributed by atoms with Crippen LogP contribution in [0.1, 0.15) is 28.7 Å². The van der Waals surface area contributed by atoms with Crippen molar-refractivity contribution in [2.45, 2.75) is 20.3 Å². The van der Waals surface area contributed by atoms with Crippen molar-refractivity contribution in [3.63, 3.8) is 0 Å². The van der Waals surface area contributed by atoms with Crippen LogP contribution >= 0.6 is 0 Å². The molecule has 0 saturated heterocycles. The topological polar surface area (TPSA) is 56.0 Å². The molecule has 1 amide bonds. The van der Waals surface area contributed by atoms with Crippen LogP contribution in [0.15, 0.2) is 12.1 Å². The highest BCUT2D eigenvalue weighted by Crippen LogP contribution is 2.06. The molecule has 0 aliphatic rings. The number of nitrogens with zero attached hydrogens (tertiary/aromatic N) is 1. The number of carbonyl (C=O) groups is 1. The zero-order chi connectivity index (χ0) is 9.14. The summed E-state index contributed by atoms with van der Waals surface area (Å²) in [6, 6.07) is 3.52.